The van der Waals surface area contributed by atoms with Gasteiger partial charge in [-0.1, -0.05) is 13.3 Å². The van der Waals surface area contributed by atoms with Crippen LogP contribution in [-0.2, 0) is 0 Å². The summed E-state index contributed by atoms with van der Waals surface area (Å²) in [5.41, 5.74) is 0. The molecule has 0 amide bonds. The summed E-state index contributed by atoms with van der Waals surface area (Å²) >= 11 is 0. The first-order valence-corrected chi connectivity index (χ1v) is 6.17. The molecule has 0 bridgehead atoms. The molecule has 0 heterocycles. The molecule has 1 aliphatic carbocycles. The second kappa shape index (κ2) is 5.89. The van der Waals surface area contributed by atoms with Crippen LogP contribution in [0.1, 0.15) is 51.9 Å². The highest BCUT2D eigenvalue weighted by atomic mass is 19.4. The highest BCUT2D eigenvalue weighted by Gasteiger charge is 2.30. The lowest BCUT2D eigenvalue weighted by Gasteiger charge is -2.33. The molecule has 0 radical (unpaired) electrons. The van der Waals surface area contributed by atoms with E-state index < -0.39 is 12.6 Å². The summed E-state index contributed by atoms with van der Waals surface area (Å²) in [6, 6.07) is 0. The van der Waals surface area contributed by atoms with E-state index in [1.54, 1.807) is 0 Å². The number of halogens is 3. The average Bonchev–Trinajstić information content (AvgIpc) is 2.19. The zero-order valence-corrected chi connectivity index (χ0v) is 9.76. The van der Waals surface area contributed by atoms with Crippen LogP contribution in [0.15, 0.2) is 0 Å². The number of hydrogen-bond acceptors (Lipinski definition) is 1. The molecule has 0 saturated heterocycles. The lowest BCUT2D eigenvalue weighted by Crippen LogP contribution is -2.29. The molecule has 3 atom stereocenters. The third-order valence-electron chi connectivity index (χ3n) is 3.66. The maximum Gasteiger partial charge on any atom is 0.389 e. The van der Waals surface area contributed by atoms with Gasteiger partial charge in [0.15, 0.2) is 0 Å². The minimum Gasteiger partial charge on any atom is -0.393 e. The average molecular weight is 238 g/mol. The molecule has 1 N–H and O–H groups in total. The number of hydrogen-bond donors (Lipinski definition) is 1. The second-order valence-electron chi connectivity index (χ2n) is 4.92. The highest BCUT2D eigenvalue weighted by Crippen LogP contribution is 2.35. The number of aliphatic hydroxyl groups is 1. The SMILES string of the molecule is CCC1CCC(O)C(CCCC(F)(F)F)C1. The molecular formula is C12H21F3O. The lowest BCUT2D eigenvalue weighted by atomic mass is 9.76. The van der Waals surface area contributed by atoms with E-state index in [-0.39, 0.29) is 18.4 Å². The van der Waals surface area contributed by atoms with Gasteiger partial charge in [-0.3, -0.25) is 0 Å². The normalized spacial score (nSPS) is 31.7. The van der Waals surface area contributed by atoms with E-state index in [0.717, 1.165) is 25.7 Å². The first-order valence-electron chi connectivity index (χ1n) is 6.17. The Balaban J connectivity index is 2.28. The predicted octanol–water partition coefficient (Wildman–Crippen LogP) is 3.91. The van der Waals surface area contributed by atoms with Crippen molar-refractivity contribution in [2.75, 3.05) is 0 Å². The molecule has 96 valence electrons. The van der Waals surface area contributed by atoms with Crippen LogP contribution in [-0.4, -0.2) is 17.4 Å². The van der Waals surface area contributed by atoms with Gasteiger partial charge in [0.05, 0.1) is 6.10 Å². The smallest absolute Gasteiger partial charge is 0.389 e. The van der Waals surface area contributed by atoms with Crippen LogP contribution >= 0.6 is 0 Å². The van der Waals surface area contributed by atoms with Crippen molar-refractivity contribution in [3.63, 3.8) is 0 Å². The molecule has 1 fully saturated rings. The third-order valence-corrected chi connectivity index (χ3v) is 3.66. The molecule has 0 aromatic carbocycles. The monoisotopic (exact) mass is 238 g/mol. The number of aliphatic hydroxyl groups excluding tert-OH is 1. The Kier molecular flexibility index (Phi) is 5.09. The van der Waals surface area contributed by atoms with E-state index in [2.05, 4.69) is 6.92 Å². The Morgan fingerprint density at radius 1 is 1.25 bits per heavy atom. The molecule has 4 heteroatoms. The fraction of sp³-hybridized carbons (Fsp3) is 1.00. The minimum absolute atomic E-state index is 0.0843. The molecule has 0 aromatic heterocycles. The molecule has 1 rings (SSSR count). The molecule has 16 heavy (non-hydrogen) atoms. The highest BCUT2D eigenvalue weighted by molar-refractivity contribution is 4.79. The Bertz CT molecular complexity index is 203. The van der Waals surface area contributed by atoms with Crippen LogP contribution in [0.25, 0.3) is 0 Å². The van der Waals surface area contributed by atoms with Gasteiger partial charge in [0.2, 0.25) is 0 Å². The van der Waals surface area contributed by atoms with Gasteiger partial charge in [-0.15, -0.1) is 0 Å². The number of alkyl halides is 3. The predicted molar refractivity (Wildman–Crippen MR) is 57.0 cm³/mol. The van der Waals surface area contributed by atoms with E-state index in [1.807, 2.05) is 0 Å². The van der Waals surface area contributed by atoms with Crippen LogP contribution in [0.2, 0.25) is 0 Å². The van der Waals surface area contributed by atoms with Gasteiger partial charge in [-0.2, -0.15) is 13.2 Å². The molecule has 3 unspecified atom stereocenters. The summed E-state index contributed by atoms with van der Waals surface area (Å²) in [4.78, 5) is 0. The lowest BCUT2D eigenvalue weighted by molar-refractivity contribution is -0.136. The maximum atomic E-state index is 12.0. The van der Waals surface area contributed by atoms with Gasteiger partial charge in [0.1, 0.15) is 0 Å². The molecule has 0 aliphatic heterocycles. The summed E-state index contributed by atoms with van der Waals surface area (Å²) in [6.07, 6.45) is -0.730. The van der Waals surface area contributed by atoms with Gasteiger partial charge in [-0.05, 0) is 43.9 Å². The molecule has 1 nitrogen and oxygen atoms in total. The molecule has 1 aliphatic rings. The minimum atomic E-state index is -4.05. The van der Waals surface area contributed by atoms with Gasteiger partial charge >= 0.3 is 6.18 Å². The van der Waals surface area contributed by atoms with Gasteiger partial charge in [-0.25, -0.2) is 0 Å². The summed E-state index contributed by atoms with van der Waals surface area (Å²) < 4.78 is 36.0. The fourth-order valence-electron chi connectivity index (χ4n) is 2.59. The summed E-state index contributed by atoms with van der Waals surface area (Å²) in [7, 11) is 0. The second-order valence-corrected chi connectivity index (χ2v) is 4.92. The quantitative estimate of drug-likeness (QED) is 0.787. The molecule has 0 spiro atoms. The van der Waals surface area contributed by atoms with Crippen LogP contribution in [0, 0.1) is 11.8 Å². The van der Waals surface area contributed by atoms with Gasteiger partial charge in [0.25, 0.3) is 0 Å². The van der Waals surface area contributed by atoms with Crippen molar-refractivity contribution in [3.8, 4) is 0 Å². The summed E-state index contributed by atoms with van der Waals surface area (Å²) in [5, 5.41) is 9.73. The van der Waals surface area contributed by atoms with E-state index in [4.69, 9.17) is 0 Å². The van der Waals surface area contributed by atoms with Crippen molar-refractivity contribution in [1.82, 2.24) is 0 Å². The first kappa shape index (κ1) is 13.8. The van der Waals surface area contributed by atoms with Gasteiger partial charge < -0.3 is 5.11 Å². The van der Waals surface area contributed by atoms with Crippen molar-refractivity contribution in [3.05, 3.63) is 0 Å². The Hall–Kier alpha value is -0.250. The zero-order valence-electron chi connectivity index (χ0n) is 9.76. The van der Waals surface area contributed by atoms with E-state index >= 15 is 0 Å². The van der Waals surface area contributed by atoms with Crippen LogP contribution in [0.3, 0.4) is 0 Å². The number of rotatable bonds is 4. The van der Waals surface area contributed by atoms with E-state index in [0.29, 0.717) is 12.3 Å². The van der Waals surface area contributed by atoms with Crippen molar-refractivity contribution >= 4 is 0 Å². The maximum absolute atomic E-state index is 12.0. The third kappa shape index (κ3) is 4.73. The largest absolute Gasteiger partial charge is 0.393 e. The first-order chi connectivity index (χ1) is 7.42. The molecule has 1 saturated carbocycles. The van der Waals surface area contributed by atoms with Crippen molar-refractivity contribution in [2.24, 2.45) is 11.8 Å². The summed E-state index contributed by atoms with van der Waals surface area (Å²) in [5.74, 6) is 0.681. The van der Waals surface area contributed by atoms with E-state index in [1.165, 1.54) is 0 Å². The van der Waals surface area contributed by atoms with Crippen molar-refractivity contribution in [2.45, 2.75) is 64.1 Å². The van der Waals surface area contributed by atoms with Gasteiger partial charge in [0, 0.05) is 6.42 Å². The van der Waals surface area contributed by atoms with Crippen LogP contribution < -0.4 is 0 Å². The Labute approximate surface area is 95.0 Å². The standard InChI is InChI=1S/C12H21F3O/c1-2-9-5-6-11(16)10(8-9)4-3-7-12(13,14)15/h9-11,16H,2-8H2,1H3. The van der Waals surface area contributed by atoms with Crippen molar-refractivity contribution < 1.29 is 18.3 Å². The van der Waals surface area contributed by atoms with Crippen molar-refractivity contribution in [1.29, 1.82) is 0 Å². The topological polar surface area (TPSA) is 20.2 Å². The molecular weight excluding hydrogens is 217 g/mol. The Morgan fingerprint density at radius 2 is 1.94 bits per heavy atom. The Morgan fingerprint density at radius 3 is 2.50 bits per heavy atom. The van der Waals surface area contributed by atoms with E-state index in [9.17, 15) is 18.3 Å². The fourth-order valence-corrected chi connectivity index (χ4v) is 2.59. The summed E-state index contributed by atoms with van der Waals surface area (Å²) in [6.45, 7) is 2.11. The zero-order chi connectivity index (χ0) is 12.2. The van der Waals surface area contributed by atoms with Crippen LogP contribution in [0.4, 0.5) is 13.2 Å². The van der Waals surface area contributed by atoms with Crippen LogP contribution in [0.5, 0.6) is 0 Å². The molecule has 0 aromatic rings.